The first-order chi connectivity index (χ1) is 20.4. The SMILES string of the molecule is CCCC[C@]1(CC)CS(=O)(=O)c2ccc(N(C)C)cc2[C@@H](c2cccc(NC(=O)CCCC[N+](CC)(CC)CC)c2)[C@H]1O.[Cl-]. The lowest BCUT2D eigenvalue weighted by Gasteiger charge is -2.39. The van der Waals surface area contributed by atoms with E-state index in [9.17, 15) is 18.3 Å². The molecule has 248 valence electrons. The summed E-state index contributed by atoms with van der Waals surface area (Å²) in [5.41, 5.74) is 2.20. The Kier molecular flexibility index (Phi) is 14.2. The van der Waals surface area contributed by atoms with Crippen molar-refractivity contribution in [3.63, 3.8) is 0 Å². The fraction of sp³-hybridized carbons (Fsp3) is 0.629. The number of hydrogen-bond acceptors (Lipinski definition) is 5. The number of benzene rings is 2. The number of halogens is 1. The number of carbonyl (C=O) groups excluding carboxylic acids is 1. The summed E-state index contributed by atoms with van der Waals surface area (Å²) >= 11 is 0. The van der Waals surface area contributed by atoms with Crippen molar-refractivity contribution in [3.05, 3.63) is 53.6 Å². The summed E-state index contributed by atoms with van der Waals surface area (Å²) in [5, 5.41) is 15.3. The number of unbranched alkanes of at least 4 members (excludes halogenated alkanes) is 2. The van der Waals surface area contributed by atoms with Crippen molar-refractivity contribution >= 4 is 27.1 Å². The number of rotatable bonds is 15. The summed E-state index contributed by atoms with van der Waals surface area (Å²) in [6.07, 6.45) is 4.35. The molecule has 0 saturated heterocycles. The van der Waals surface area contributed by atoms with Crippen molar-refractivity contribution in [1.29, 1.82) is 0 Å². The first kappa shape index (κ1) is 38.1. The maximum Gasteiger partial charge on any atom is 0.224 e. The summed E-state index contributed by atoms with van der Waals surface area (Å²) in [4.78, 5) is 15.2. The average molecular weight is 650 g/mol. The number of nitrogens with one attached hydrogen (secondary N) is 1. The molecule has 3 rings (SSSR count). The van der Waals surface area contributed by atoms with Crippen LogP contribution < -0.4 is 22.6 Å². The van der Waals surface area contributed by atoms with Crippen LogP contribution in [0.1, 0.15) is 96.6 Å². The molecule has 1 aliphatic rings. The maximum atomic E-state index is 13.9. The molecule has 0 aromatic heterocycles. The van der Waals surface area contributed by atoms with E-state index in [2.05, 4.69) is 33.0 Å². The molecule has 0 bridgehead atoms. The minimum Gasteiger partial charge on any atom is -1.00 e. The third-order valence-corrected chi connectivity index (χ3v) is 12.2. The normalized spacial score (nSPS) is 21.1. The van der Waals surface area contributed by atoms with Gasteiger partial charge in [-0.15, -0.1) is 0 Å². The van der Waals surface area contributed by atoms with Gasteiger partial charge in [0.2, 0.25) is 5.91 Å². The van der Waals surface area contributed by atoms with Gasteiger partial charge in [0.1, 0.15) is 0 Å². The second-order valence-corrected chi connectivity index (χ2v) is 14.7. The van der Waals surface area contributed by atoms with Crippen molar-refractivity contribution in [3.8, 4) is 0 Å². The highest BCUT2D eigenvalue weighted by Crippen LogP contribution is 2.49. The molecule has 9 heteroatoms. The largest absolute Gasteiger partial charge is 1.00 e. The van der Waals surface area contributed by atoms with Crippen LogP contribution >= 0.6 is 0 Å². The standard InChI is InChI=1S/C35H55N3O4S.ClH/c1-8-13-22-35(9-2)26-43(41,42)31-21-20-29(37(6)7)25-30(31)33(34(35)40)27-17-16-18-28(24-27)36-32(39)19-14-15-23-38(10-3,11-4)12-5;/h16-18,20-21,24-25,33-34,40H,8-15,19,22-23,26H2,1-7H3;1H/t33-,34-,35-;/m1./s1. The topological polar surface area (TPSA) is 86.7 Å². The van der Waals surface area contributed by atoms with Gasteiger partial charge in [-0.2, -0.15) is 0 Å². The molecule has 0 aliphatic carbocycles. The fourth-order valence-electron chi connectivity index (χ4n) is 6.92. The van der Waals surface area contributed by atoms with Crippen LogP contribution in [0.25, 0.3) is 0 Å². The van der Waals surface area contributed by atoms with Gasteiger partial charge in [-0.3, -0.25) is 4.79 Å². The maximum absolute atomic E-state index is 13.9. The highest BCUT2D eigenvalue weighted by Gasteiger charge is 2.49. The van der Waals surface area contributed by atoms with Gasteiger partial charge in [-0.25, -0.2) is 8.42 Å². The van der Waals surface area contributed by atoms with Crippen molar-refractivity contribution < 1.29 is 35.2 Å². The Morgan fingerprint density at radius 2 is 1.68 bits per heavy atom. The number of anilines is 2. The quantitative estimate of drug-likeness (QED) is 0.228. The van der Waals surface area contributed by atoms with Gasteiger partial charge in [-0.1, -0.05) is 38.8 Å². The second-order valence-electron chi connectivity index (χ2n) is 12.8. The van der Waals surface area contributed by atoms with Gasteiger partial charge in [0, 0.05) is 43.2 Å². The van der Waals surface area contributed by atoms with Gasteiger partial charge in [0.05, 0.1) is 42.9 Å². The molecule has 2 aromatic carbocycles. The Bertz CT molecular complexity index is 1320. The van der Waals surface area contributed by atoms with Crippen LogP contribution in [0.5, 0.6) is 0 Å². The van der Waals surface area contributed by atoms with Gasteiger partial charge < -0.3 is 32.2 Å². The number of aliphatic hydroxyl groups is 1. The molecule has 2 N–H and O–H groups in total. The molecular formula is C35H56ClN3O4S. The predicted octanol–water partition coefficient (Wildman–Crippen LogP) is 3.61. The monoisotopic (exact) mass is 649 g/mol. The average Bonchev–Trinajstić information content (AvgIpc) is 3.06. The number of amides is 1. The number of quaternary nitrogens is 1. The number of sulfone groups is 1. The third kappa shape index (κ3) is 8.56. The van der Waals surface area contributed by atoms with Crippen LogP contribution in [0.2, 0.25) is 0 Å². The predicted molar refractivity (Wildman–Crippen MR) is 179 cm³/mol. The molecule has 0 fully saturated rings. The highest BCUT2D eigenvalue weighted by atomic mass is 35.5. The Balaban J connectivity index is 0.00000675. The van der Waals surface area contributed by atoms with Crippen LogP contribution in [0, 0.1) is 5.41 Å². The van der Waals surface area contributed by atoms with E-state index in [-0.39, 0.29) is 24.1 Å². The molecule has 1 heterocycles. The van der Waals surface area contributed by atoms with Crippen LogP contribution in [-0.2, 0) is 14.6 Å². The lowest BCUT2D eigenvalue weighted by molar-refractivity contribution is -0.923. The van der Waals surface area contributed by atoms with Crippen molar-refractivity contribution in [2.24, 2.45) is 5.41 Å². The zero-order valence-corrected chi connectivity index (χ0v) is 29.6. The number of aliphatic hydroxyl groups excluding tert-OH is 1. The molecule has 1 aliphatic heterocycles. The van der Waals surface area contributed by atoms with E-state index in [0.29, 0.717) is 35.4 Å². The number of fused-ring (bicyclic) bond motifs is 1. The highest BCUT2D eigenvalue weighted by molar-refractivity contribution is 7.91. The smallest absolute Gasteiger partial charge is 0.224 e. The minimum atomic E-state index is -3.65. The molecular weight excluding hydrogens is 594 g/mol. The first-order valence-electron chi connectivity index (χ1n) is 16.4. The molecule has 0 saturated carbocycles. The molecule has 7 nitrogen and oxygen atoms in total. The van der Waals surface area contributed by atoms with E-state index in [1.54, 1.807) is 6.07 Å². The summed E-state index contributed by atoms with van der Waals surface area (Å²) in [5.74, 6) is -0.652. The van der Waals surface area contributed by atoms with E-state index >= 15 is 0 Å². The van der Waals surface area contributed by atoms with Crippen LogP contribution in [0.4, 0.5) is 11.4 Å². The molecule has 3 atom stereocenters. The lowest BCUT2D eigenvalue weighted by atomic mass is 9.69. The number of nitrogens with zero attached hydrogens (tertiary/aromatic N) is 2. The molecule has 0 unspecified atom stereocenters. The zero-order chi connectivity index (χ0) is 31.8. The molecule has 2 aromatic rings. The van der Waals surface area contributed by atoms with E-state index in [1.807, 2.05) is 62.3 Å². The Morgan fingerprint density at radius 3 is 2.27 bits per heavy atom. The van der Waals surface area contributed by atoms with Gasteiger partial charge in [-0.05, 0) is 87.9 Å². The first-order valence-corrected chi connectivity index (χ1v) is 18.0. The molecule has 0 radical (unpaired) electrons. The summed E-state index contributed by atoms with van der Waals surface area (Å²) in [6, 6.07) is 13.1. The van der Waals surface area contributed by atoms with E-state index < -0.39 is 27.3 Å². The second kappa shape index (κ2) is 16.4. The van der Waals surface area contributed by atoms with Crippen molar-refractivity contribution in [1.82, 2.24) is 0 Å². The lowest BCUT2D eigenvalue weighted by Crippen LogP contribution is -3.00. The van der Waals surface area contributed by atoms with Gasteiger partial charge in [0.15, 0.2) is 9.84 Å². The Hall–Kier alpha value is -2.13. The summed E-state index contributed by atoms with van der Waals surface area (Å²) < 4.78 is 28.9. The van der Waals surface area contributed by atoms with Crippen molar-refractivity contribution in [2.75, 3.05) is 56.2 Å². The summed E-state index contributed by atoms with van der Waals surface area (Å²) in [6.45, 7) is 15.2. The van der Waals surface area contributed by atoms with Gasteiger partial charge >= 0.3 is 0 Å². The van der Waals surface area contributed by atoms with Crippen LogP contribution in [-0.4, -0.2) is 76.0 Å². The Labute approximate surface area is 273 Å². The van der Waals surface area contributed by atoms with Crippen LogP contribution in [0.3, 0.4) is 0 Å². The molecule has 0 spiro atoms. The summed E-state index contributed by atoms with van der Waals surface area (Å²) in [7, 11) is 0.204. The van der Waals surface area contributed by atoms with E-state index in [0.717, 1.165) is 67.6 Å². The molecule has 44 heavy (non-hydrogen) atoms. The molecule has 1 amide bonds. The zero-order valence-electron chi connectivity index (χ0n) is 28.0. The minimum absolute atomic E-state index is 0. The van der Waals surface area contributed by atoms with Gasteiger partial charge in [0.25, 0.3) is 0 Å². The van der Waals surface area contributed by atoms with Crippen molar-refractivity contribution in [2.45, 2.75) is 96.5 Å². The number of carbonyl (C=O) groups is 1. The Morgan fingerprint density at radius 1 is 1.00 bits per heavy atom. The van der Waals surface area contributed by atoms with E-state index in [4.69, 9.17) is 0 Å². The fourth-order valence-corrected chi connectivity index (χ4v) is 9.17. The third-order valence-electron chi connectivity index (χ3n) is 10.2. The number of hydrogen-bond donors (Lipinski definition) is 2. The van der Waals surface area contributed by atoms with E-state index in [1.165, 1.54) is 0 Å². The van der Waals surface area contributed by atoms with Crippen LogP contribution in [0.15, 0.2) is 47.4 Å².